The van der Waals surface area contributed by atoms with Crippen LogP contribution in [0.1, 0.15) is 13.8 Å². The van der Waals surface area contributed by atoms with Crippen molar-refractivity contribution in [2.24, 2.45) is 5.92 Å². The van der Waals surface area contributed by atoms with E-state index in [1.807, 2.05) is 5.32 Å². The zero-order valence-electron chi connectivity index (χ0n) is 18.6. The number of hydrogen-bond acceptors (Lipinski definition) is 8. The second-order valence-corrected chi connectivity index (χ2v) is 9.34. The van der Waals surface area contributed by atoms with Crippen molar-refractivity contribution in [2.45, 2.75) is 24.8 Å². The third-order valence-corrected chi connectivity index (χ3v) is 6.11. The van der Waals surface area contributed by atoms with Crippen LogP contribution in [0, 0.1) is 5.92 Å². The molecule has 34 heavy (non-hydrogen) atoms. The van der Waals surface area contributed by atoms with Crippen molar-refractivity contribution in [3.05, 3.63) is 48.5 Å². The first-order chi connectivity index (χ1) is 16.2. The Morgan fingerprint density at radius 1 is 1.00 bits per heavy atom. The van der Waals surface area contributed by atoms with Crippen molar-refractivity contribution >= 4 is 33.6 Å². The Labute approximate surface area is 196 Å². The SMILES string of the molecule is CC(C)[C@@H](NS(=O)(=O)c1ccccc1)C(=O)OCC(=O)NC(=O)Nc1ccc2c(c1)OCCO2. The molecule has 2 aromatic carbocycles. The molecule has 0 radical (unpaired) electrons. The molecule has 0 saturated carbocycles. The van der Waals surface area contributed by atoms with E-state index in [4.69, 9.17) is 14.2 Å². The minimum absolute atomic E-state index is 0.0120. The predicted molar refractivity (Wildman–Crippen MR) is 121 cm³/mol. The number of imide groups is 1. The zero-order valence-corrected chi connectivity index (χ0v) is 19.4. The maximum Gasteiger partial charge on any atom is 0.325 e. The number of benzene rings is 2. The minimum Gasteiger partial charge on any atom is -0.486 e. The molecule has 1 aliphatic rings. The molecule has 0 fully saturated rings. The number of urea groups is 1. The molecular weight excluding hydrogens is 466 g/mol. The van der Waals surface area contributed by atoms with Crippen molar-refractivity contribution in [2.75, 3.05) is 25.1 Å². The molecule has 0 unspecified atom stereocenters. The van der Waals surface area contributed by atoms with Crippen LogP contribution in [0.5, 0.6) is 11.5 Å². The maximum absolute atomic E-state index is 12.5. The van der Waals surface area contributed by atoms with Gasteiger partial charge in [0.2, 0.25) is 10.0 Å². The van der Waals surface area contributed by atoms with E-state index in [2.05, 4.69) is 10.0 Å². The lowest BCUT2D eigenvalue weighted by atomic mass is 10.1. The summed E-state index contributed by atoms with van der Waals surface area (Å²) in [6.07, 6.45) is 0. The van der Waals surface area contributed by atoms with E-state index < -0.39 is 46.5 Å². The van der Waals surface area contributed by atoms with Gasteiger partial charge in [0.25, 0.3) is 5.91 Å². The molecule has 182 valence electrons. The van der Waals surface area contributed by atoms with Crippen molar-refractivity contribution in [1.29, 1.82) is 0 Å². The van der Waals surface area contributed by atoms with Crippen LogP contribution in [0.15, 0.2) is 53.4 Å². The fraction of sp³-hybridized carbons (Fsp3) is 0.318. The number of sulfonamides is 1. The number of anilines is 1. The van der Waals surface area contributed by atoms with E-state index in [1.54, 1.807) is 50.2 Å². The molecule has 0 spiro atoms. The first-order valence-corrected chi connectivity index (χ1v) is 11.9. The van der Waals surface area contributed by atoms with Crippen LogP contribution >= 0.6 is 0 Å². The first kappa shape index (κ1) is 25.0. The fourth-order valence-electron chi connectivity index (χ4n) is 2.96. The molecule has 0 aromatic heterocycles. The molecule has 1 heterocycles. The van der Waals surface area contributed by atoms with Gasteiger partial charge in [-0.05, 0) is 30.2 Å². The number of esters is 1. The standard InChI is InChI=1S/C22H25N3O8S/c1-14(2)20(25-34(29,30)16-6-4-3-5-7-16)21(27)33-13-19(26)24-22(28)23-15-8-9-17-18(12-15)32-11-10-31-17/h3-9,12,14,20,25H,10-11,13H2,1-2H3,(H2,23,24,26,28)/t20-/m1/s1. The molecule has 1 aliphatic heterocycles. The Morgan fingerprint density at radius 2 is 1.68 bits per heavy atom. The molecule has 0 saturated heterocycles. The highest BCUT2D eigenvalue weighted by atomic mass is 32.2. The maximum atomic E-state index is 12.5. The largest absolute Gasteiger partial charge is 0.486 e. The van der Waals surface area contributed by atoms with Gasteiger partial charge < -0.3 is 19.5 Å². The van der Waals surface area contributed by atoms with Crippen molar-refractivity contribution in [1.82, 2.24) is 10.0 Å². The summed E-state index contributed by atoms with van der Waals surface area (Å²) in [5.41, 5.74) is 0.363. The molecule has 3 N–H and O–H groups in total. The second-order valence-electron chi connectivity index (χ2n) is 7.62. The smallest absolute Gasteiger partial charge is 0.325 e. The van der Waals surface area contributed by atoms with Crippen molar-refractivity contribution < 1.29 is 37.0 Å². The van der Waals surface area contributed by atoms with Crippen LogP contribution in [0.2, 0.25) is 0 Å². The molecule has 3 rings (SSSR count). The molecule has 0 bridgehead atoms. The van der Waals surface area contributed by atoms with Gasteiger partial charge in [-0.3, -0.25) is 14.9 Å². The lowest BCUT2D eigenvalue weighted by Gasteiger charge is -2.20. The third kappa shape index (κ3) is 6.68. The molecule has 3 amide bonds. The molecule has 11 nitrogen and oxygen atoms in total. The highest BCUT2D eigenvalue weighted by Crippen LogP contribution is 2.32. The van der Waals surface area contributed by atoms with Gasteiger partial charge >= 0.3 is 12.0 Å². The summed E-state index contributed by atoms with van der Waals surface area (Å²) in [6.45, 7) is 3.29. The minimum atomic E-state index is -3.98. The fourth-order valence-corrected chi connectivity index (χ4v) is 4.32. The Bertz CT molecular complexity index is 1150. The summed E-state index contributed by atoms with van der Waals surface area (Å²) in [4.78, 5) is 36.6. The van der Waals surface area contributed by atoms with Gasteiger partial charge in [0.15, 0.2) is 18.1 Å². The number of hydrogen-bond donors (Lipinski definition) is 3. The van der Waals surface area contributed by atoms with Crippen LogP contribution in [0.4, 0.5) is 10.5 Å². The van der Waals surface area contributed by atoms with Crippen LogP contribution in [0.3, 0.4) is 0 Å². The number of rotatable bonds is 8. The van der Waals surface area contributed by atoms with Crippen LogP contribution in [-0.2, 0) is 24.3 Å². The Balaban J connectivity index is 1.51. The van der Waals surface area contributed by atoms with Gasteiger partial charge in [-0.1, -0.05) is 32.0 Å². The number of carbonyl (C=O) groups is 3. The zero-order chi connectivity index (χ0) is 24.7. The van der Waals surface area contributed by atoms with Crippen molar-refractivity contribution in [3.63, 3.8) is 0 Å². The van der Waals surface area contributed by atoms with E-state index in [9.17, 15) is 22.8 Å². The van der Waals surface area contributed by atoms with E-state index >= 15 is 0 Å². The predicted octanol–water partition coefficient (Wildman–Crippen LogP) is 1.65. The van der Waals surface area contributed by atoms with Gasteiger partial charge in [-0.2, -0.15) is 4.72 Å². The van der Waals surface area contributed by atoms with Gasteiger partial charge in [-0.25, -0.2) is 13.2 Å². The number of carbonyl (C=O) groups excluding carboxylic acids is 3. The number of ether oxygens (including phenoxy) is 3. The summed E-state index contributed by atoms with van der Waals surface area (Å²) in [7, 11) is -3.98. The van der Waals surface area contributed by atoms with E-state index in [0.29, 0.717) is 30.4 Å². The quantitative estimate of drug-likeness (QED) is 0.472. The van der Waals surface area contributed by atoms with Crippen LogP contribution in [-0.4, -0.2) is 52.2 Å². The average molecular weight is 492 g/mol. The summed E-state index contributed by atoms with van der Waals surface area (Å²) < 4.78 is 43.1. The monoisotopic (exact) mass is 491 g/mol. The summed E-state index contributed by atoms with van der Waals surface area (Å²) in [6, 6.07) is 10.2. The number of nitrogens with one attached hydrogen (secondary N) is 3. The molecule has 1 atom stereocenters. The Kier molecular flexibility index (Phi) is 8.08. The van der Waals surface area contributed by atoms with Gasteiger partial charge in [-0.15, -0.1) is 0 Å². The van der Waals surface area contributed by atoms with E-state index in [1.165, 1.54) is 12.1 Å². The van der Waals surface area contributed by atoms with E-state index in [-0.39, 0.29) is 4.90 Å². The number of amides is 3. The van der Waals surface area contributed by atoms with Crippen LogP contribution < -0.4 is 24.8 Å². The van der Waals surface area contributed by atoms with Gasteiger partial charge in [0, 0.05) is 11.8 Å². The normalized spacial score (nSPS) is 13.6. The topological polar surface area (TPSA) is 149 Å². The first-order valence-electron chi connectivity index (χ1n) is 10.4. The van der Waals surface area contributed by atoms with Crippen molar-refractivity contribution in [3.8, 4) is 11.5 Å². The molecule has 12 heteroatoms. The molecule has 2 aromatic rings. The highest BCUT2D eigenvalue weighted by Gasteiger charge is 2.30. The van der Waals surface area contributed by atoms with Gasteiger partial charge in [0.1, 0.15) is 19.3 Å². The second kappa shape index (κ2) is 11.0. The van der Waals surface area contributed by atoms with E-state index in [0.717, 1.165) is 0 Å². The van der Waals surface area contributed by atoms with Crippen LogP contribution in [0.25, 0.3) is 0 Å². The lowest BCUT2D eigenvalue weighted by Crippen LogP contribution is -2.46. The summed E-state index contributed by atoms with van der Waals surface area (Å²) in [5.74, 6) is -1.30. The summed E-state index contributed by atoms with van der Waals surface area (Å²) >= 11 is 0. The lowest BCUT2D eigenvalue weighted by molar-refractivity contribution is -0.150. The Hall–Kier alpha value is -3.64. The average Bonchev–Trinajstić information content (AvgIpc) is 2.81. The highest BCUT2D eigenvalue weighted by molar-refractivity contribution is 7.89. The Morgan fingerprint density at radius 3 is 2.35 bits per heavy atom. The molecule has 0 aliphatic carbocycles. The van der Waals surface area contributed by atoms with Gasteiger partial charge in [0.05, 0.1) is 4.90 Å². The molecular formula is C22H25N3O8S. The summed E-state index contributed by atoms with van der Waals surface area (Å²) in [5, 5.41) is 4.49. The number of fused-ring (bicyclic) bond motifs is 1. The third-order valence-electron chi connectivity index (χ3n) is 4.65.